The lowest BCUT2D eigenvalue weighted by atomic mass is 10.2. The maximum Gasteiger partial charge on any atom is 0.136 e. The molecule has 2 rings (SSSR count). The van der Waals surface area contributed by atoms with E-state index < -0.39 is 0 Å². The standard InChI is InChI=1S/C13H22N4O/c1-9-11(14-2)16-13(10-5-6-10)17-12(9)15-7-3-4-8-18/h10,18H,3-8H2,1-2H3,(H2,14,15,16,17). The van der Waals surface area contributed by atoms with Gasteiger partial charge in [0, 0.05) is 31.7 Å². The van der Waals surface area contributed by atoms with Crippen molar-refractivity contribution in [1.29, 1.82) is 0 Å². The molecule has 1 aliphatic carbocycles. The summed E-state index contributed by atoms with van der Waals surface area (Å²) in [5.41, 5.74) is 1.06. The van der Waals surface area contributed by atoms with Gasteiger partial charge in [-0.1, -0.05) is 0 Å². The van der Waals surface area contributed by atoms with E-state index in [1.54, 1.807) is 0 Å². The molecule has 0 amide bonds. The number of hydrogen-bond acceptors (Lipinski definition) is 5. The largest absolute Gasteiger partial charge is 0.396 e. The van der Waals surface area contributed by atoms with E-state index in [1.165, 1.54) is 12.8 Å². The highest BCUT2D eigenvalue weighted by molar-refractivity contribution is 5.57. The van der Waals surface area contributed by atoms with Crippen molar-refractivity contribution in [3.05, 3.63) is 11.4 Å². The minimum absolute atomic E-state index is 0.250. The molecule has 3 N–H and O–H groups in total. The van der Waals surface area contributed by atoms with Gasteiger partial charge in [0.2, 0.25) is 0 Å². The minimum Gasteiger partial charge on any atom is -0.396 e. The Bertz CT molecular complexity index is 404. The summed E-state index contributed by atoms with van der Waals surface area (Å²) >= 11 is 0. The molecule has 5 heteroatoms. The van der Waals surface area contributed by atoms with Crippen molar-refractivity contribution in [1.82, 2.24) is 9.97 Å². The van der Waals surface area contributed by atoms with Gasteiger partial charge in [-0.15, -0.1) is 0 Å². The number of unbranched alkanes of at least 4 members (excludes halogenated alkanes) is 1. The fourth-order valence-electron chi connectivity index (χ4n) is 1.92. The molecule has 0 spiro atoms. The Balaban J connectivity index is 2.08. The number of nitrogens with one attached hydrogen (secondary N) is 2. The van der Waals surface area contributed by atoms with E-state index in [-0.39, 0.29) is 6.61 Å². The zero-order valence-corrected chi connectivity index (χ0v) is 11.2. The number of anilines is 2. The number of aliphatic hydroxyl groups excluding tert-OH is 1. The normalized spacial score (nSPS) is 14.6. The molecule has 0 saturated heterocycles. The highest BCUT2D eigenvalue weighted by Crippen LogP contribution is 2.39. The van der Waals surface area contributed by atoms with Crippen LogP contribution >= 0.6 is 0 Å². The van der Waals surface area contributed by atoms with Crippen LogP contribution in [0, 0.1) is 6.92 Å². The van der Waals surface area contributed by atoms with Gasteiger partial charge in [0.1, 0.15) is 17.5 Å². The van der Waals surface area contributed by atoms with Crippen molar-refractivity contribution in [3.8, 4) is 0 Å². The fourth-order valence-corrected chi connectivity index (χ4v) is 1.92. The predicted octanol–water partition coefficient (Wildman–Crippen LogP) is 1.89. The number of nitrogens with zero attached hydrogens (tertiary/aromatic N) is 2. The van der Waals surface area contributed by atoms with Gasteiger partial charge in [0.05, 0.1) is 0 Å². The van der Waals surface area contributed by atoms with Crippen molar-refractivity contribution in [2.75, 3.05) is 30.8 Å². The van der Waals surface area contributed by atoms with Crippen LogP contribution in [-0.4, -0.2) is 35.3 Å². The minimum atomic E-state index is 0.250. The molecule has 0 aromatic carbocycles. The molecule has 0 bridgehead atoms. The Hall–Kier alpha value is -1.36. The van der Waals surface area contributed by atoms with Crippen molar-refractivity contribution in [3.63, 3.8) is 0 Å². The number of aliphatic hydroxyl groups is 1. The van der Waals surface area contributed by atoms with Gasteiger partial charge in [-0.3, -0.25) is 0 Å². The SMILES string of the molecule is CNc1nc(C2CC2)nc(NCCCCO)c1C. The molecule has 100 valence electrons. The van der Waals surface area contributed by atoms with Crippen LogP contribution in [0.5, 0.6) is 0 Å². The third-order valence-electron chi connectivity index (χ3n) is 3.22. The van der Waals surface area contributed by atoms with Crippen molar-refractivity contribution in [2.24, 2.45) is 0 Å². The van der Waals surface area contributed by atoms with Gasteiger partial charge in [0.25, 0.3) is 0 Å². The van der Waals surface area contributed by atoms with Crippen molar-refractivity contribution in [2.45, 2.75) is 38.5 Å². The van der Waals surface area contributed by atoms with Crippen LogP contribution in [0.2, 0.25) is 0 Å². The maximum atomic E-state index is 8.76. The summed E-state index contributed by atoms with van der Waals surface area (Å²) in [6.07, 6.45) is 4.19. The van der Waals surface area contributed by atoms with Gasteiger partial charge in [-0.2, -0.15) is 0 Å². The molecule has 5 nitrogen and oxygen atoms in total. The summed E-state index contributed by atoms with van der Waals surface area (Å²) in [5.74, 6) is 3.34. The van der Waals surface area contributed by atoms with Gasteiger partial charge in [-0.25, -0.2) is 9.97 Å². The molecule has 1 aliphatic rings. The smallest absolute Gasteiger partial charge is 0.136 e. The summed E-state index contributed by atoms with van der Waals surface area (Å²) < 4.78 is 0. The summed E-state index contributed by atoms with van der Waals surface area (Å²) in [6, 6.07) is 0. The first kappa shape index (κ1) is 13.1. The van der Waals surface area contributed by atoms with Crippen LogP contribution in [-0.2, 0) is 0 Å². The van der Waals surface area contributed by atoms with Crippen LogP contribution in [0.4, 0.5) is 11.6 Å². The lowest BCUT2D eigenvalue weighted by Crippen LogP contribution is -2.10. The predicted molar refractivity (Wildman–Crippen MR) is 73.1 cm³/mol. The summed E-state index contributed by atoms with van der Waals surface area (Å²) in [5, 5.41) is 15.2. The first-order chi connectivity index (χ1) is 8.76. The Labute approximate surface area is 108 Å². The molecule has 1 heterocycles. The zero-order valence-electron chi connectivity index (χ0n) is 11.2. The zero-order chi connectivity index (χ0) is 13.0. The monoisotopic (exact) mass is 250 g/mol. The lowest BCUT2D eigenvalue weighted by Gasteiger charge is -2.13. The lowest BCUT2D eigenvalue weighted by molar-refractivity contribution is 0.286. The molecule has 0 unspecified atom stereocenters. The Morgan fingerprint density at radius 3 is 2.56 bits per heavy atom. The molecular formula is C13H22N4O. The topological polar surface area (TPSA) is 70.1 Å². The molecule has 1 fully saturated rings. The number of aromatic nitrogens is 2. The van der Waals surface area contributed by atoms with E-state index in [2.05, 4.69) is 20.6 Å². The number of rotatable bonds is 7. The second kappa shape index (κ2) is 6.00. The second-order valence-electron chi connectivity index (χ2n) is 4.79. The third-order valence-corrected chi connectivity index (χ3v) is 3.22. The van der Waals surface area contributed by atoms with Crippen LogP contribution in [0.1, 0.15) is 43.0 Å². The average Bonchev–Trinajstić information content (AvgIpc) is 3.20. The molecule has 0 radical (unpaired) electrons. The molecular weight excluding hydrogens is 228 g/mol. The van der Waals surface area contributed by atoms with E-state index >= 15 is 0 Å². The highest BCUT2D eigenvalue weighted by Gasteiger charge is 2.28. The summed E-state index contributed by atoms with van der Waals surface area (Å²) in [7, 11) is 1.89. The molecule has 1 saturated carbocycles. The van der Waals surface area contributed by atoms with Crippen molar-refractivity contribution < 1.29 is 5.11 Å². The van der Waals surface area contributed by atoms with Crippen LogP contribution in [0.3, 0.4) is 0 Å². The van der Waals surface area contributed by atoms with Crippen molar-refractivity contribution >= 4 is 11.6 Å². The van der Waals surface area contributed by atoms with E-state index in [9.17, 15) is 0 Å². The van der Waals surface area contributed by atoms with Crippen LogP contribution < -0.4 is 10.6 Å². The first-order valence-corrected chi connectivity index (χ1v) is 6.67. The van der Waals surface area contributed by atoms with E-state index in [0.29, 0.717) is 5.92 Å². The Kier molecular flexibility index (Phi) is 4.36. The molecule has 18 heavy (non-hydrogen) atoms. The van der Waals surface area contributed by atoms with Gasteiger partial charge >= 0.3 is 0 Å². The summed E-state index contributed by atoms with van der Waals surface area (Å²) in [6.45, 7) is 3.11. The van der Waals surface area contributed by atoms with E-state index in [4.69, 9.17) is 5.11 Å². The van der Waals surface area contributed by atoms with Gasteiger partial charge in [-0.05, 0) is 32.6 Å². The maximum absolute atomic E-state index is 8.76. The van der Waals surface area contributed by atoms with Crippen LogP contribution in [0.15, 0.2) is 0 Å². The quantitative estimate of drug-likeness (QED) is 0.645. The molecule has 1 aromatic heterocycles. The second-order valence-corrected chi connectivity index (χ2v) is 4.79. The summed E-state index contributed by atoms with van der Waals surface area (Å²) in [4.78, 5) is 9.17. The molecule has 1 aromatic rings. The molecule has 0 aliphatic heterocycles. The molecule has 0 atom stereocenters. The van der Waals surface area contributed by atoms with Gasteiger partial charge < -0.3 is 15.7 Å². The van der Waals surface area contributed by atoms with Crippen LogP contribution in [0.25, 0.3) is 0 Å². The van der Waals surface area contributed by atoms with E-state index in [1.807, 2.05) is 14.0 Å². The fraction of sp³-hybridized carbons (Fsp3) is 0.692. The first-order valence-electron chi connectivity index (χ1n) is 6.67. The van der Waals surface area contributed by atoms with E-state index in [0.717, 1.165) is 42.4 Å². The third kappa shape index (κ3) is 3.10. The Morgan fingerprint density at radius 1 is 1.22 bits per heavy atom. The Morgan fingerprint density at radius 2 is 1.94 bits per heavy atom. The highest BCUT2D eigenvalue weighted by atomic mass is 16.2. The van der Waals surface area contributed by atoms with Gasteiger partial charge in [0.15, 0.2) is 0 Å². The number of hydrogen-bond donors (Lipinski definition) is 3. The average molecular weight is 250 g/mol.